The summed E-state index contributed by atoms with van der Waals surface area (Å²) >= 11 is 0. The van der Waals surface area contributed by atoms with Gasteiger partial charge in [-0.1, -0.05) is 24.3 Å². The summed E-state index contributed by atoms with van der Waals surface area (Å²) in [5.41, 5.74) is 3.30. The Morgan fingerprint density at radius 3 is 2.25 bits per heavy atom. The van der Waals surface area contributed by atoms with Crippen LogP contribution >= 0.6 is 0 Å². The van der Waals surface area contributed by atoms with Crippen LogP contribution in [0.1, 0.15) is 5.56 Å². The minimum atomic E-state index is 1.03. The van der Waals surface area contributed by atoms with Crippen molar-refractivity contribution in [1.82, 2.24) is 0 Å². The van der Waals surface area contributed by atoms with Crippen LogP contribution in [0.5, 0.6) is 0 Å². The fourth-order valence-electron chi connectivity index (χ4n) is 1.13. The van der Waals surface area contributed by atoms with Crippen LogP contribution in [-0.2, 0) is 0 Å². The van der Waals surface area contributed by atoms with Gasteiger partial charge in [0.25, 0.3) is 0 Å². The molecule has 0 aliphatic rings. The van der Waals surface area contributed by atoms with Crippen LogP contribution in [0.2, 0.25) is 0 Å². The van der Waals surface area contributed by atoms with E-state index in [0.717, 1.165) is 16.7 Å². The first-order chi connectivity index (χ1) is 5.86. The number of hydrogen-bond acceptors (Lipinski definition) is 1. The van der Waals surface area contributed by atoms with Crippen LogP contribution in [0.25, 0.3) is 11.1 Å². The summed E-state index contributed by atoms with van der Waals surface area (Å²) in [4.78, 5) is 0. The average molecular weight is 157 g/mol. The number of furan rings is 1. The molecule has 0 bridgehead atoms. The molecule has 0 N–H and O–H groups in total. The zero-order valence-electron chi connectivity index (χ0n) is 6.66. The highest BCUT2D eigenvalue weighted by Crippen LogP contribution is 2.19. The van der Waals surface area contributed by atoms with Gasteiger partial charge in [0, 0.05) is 5.56 Å². The number of benzene rings is 1. The largest absolute Gasteiger partial charge is 0.472 e. The van der Waals surface area contributed by atoms with Gasteiger partial charge in [0.05, 0.1) is 12.5 Å². The van der Waals surface area contributed by atoms with Gasteiger partial charge in [-0.05, 0) is 24.1 Å². The van der Waals surface area contributed by atoms with Crippen LogP contribution in [0, 0.1) is 6.92 Å². The summed E-state index contributed by atoms with van der Waals surface area (Å²) < 4.78 is 4.98. The fraction of sp³-hybridized carbons (Fsp3) is 0. The van der Waals surface area contributed by atoms with Crippen LogP contribution in [0.15, 0.2) is 47.3 Å². The summed E-state index contributed by atoms with van der Waals surface area (Å²) in [5.74, 6) is 0. The van der Waals surface area contributed by atoms with E-state index in [1.165, 1.54) is 0 Å². The SMILES string of the molecule is [CH2]c1ccc(-c2ccoc2)cc1. The third-order valence-corrected chi connectivity index (χ3v) is 1.81. The first kappa shape index (κ1) is 7.17. The first-order valence-corrected chi connectivity index (χ1v) is 3.81. The lowest BCUT2D eigenvalue weighted by atomic mass is 10.1. The molecular weight excluding hydrogens is 148 g/mol. The molecule has 0 spiro atoms. The molecule has 1 radical (unpaired) electrons. The fourth-order valence-corrected chi connectivity index (χ4v) is 1.13. The third kappa shape index (κ3) is 1.26. The van der Waals surface area contributed by atoms with Crippen molar-refractivity contribution >= 4 is 0 Å². The molecule has 0 aliphatic heterocycles. The van der Waals surface area contributed by atoms with E-state index in [-0.39, 0.29) is 0 Å². The molecule has 1 aromatic carbocycles. The molecule has 1 aromatic heterocycles. The van der Waals surface area contributed by atoms with Gasteiger partial charge in [-0.15, -0.1) is 0 Å². The lowest BCUT2D eigenvalue weighted by Crippen LogP contribution is -1.73. The molecule has 0 saturated heterocycles. The van der Waals surface area contributed by atoms with Crippen molar-refractivity contribution in [3.8, 4) is 11.1 Å². The minimum Gasteiger partial charge on any atom is -0.472 e. The summed E-state index contributed by atoms with van der Waals surface area (Å²) in [7, 11) is 0. The number of hydrogen-bond donors (Lipinski definition) is 0. The Bertz CT molecular complexity index is 343. The van der Waals surface area contributed by atoms with Gasteiger partial charge >= 0.3 is 0 Å². The molecule has 0 unspecified atom stereocenters. The smallest absolute Gasteiger partial charge is 0.0980 e. The molecule has 2 aromatic rings. The van der Waals surface area contributed by atoms with Gasteiger partial charge in [0.15, 0.2) is 0 Å². The molecule has 0 fully saturated rings. The lowest BCUT2D eigenvalue weighted by molar-refractivity contribution is 0.568. The van der Waals surface area contributed by atoms with Gasteiger partial charge in [0.2, 0.25) is 0 Å². The molecule has 0 amide bonds. The molecule has 2 rings (SSSR count). The predicted octanol–water partition coefficient (Wildman–Crippen LogP) is 3.13. The van der Waals surface area contributed by atoms with Crippen LogP contribution < -0.4 is 0 Å². The van der Waals surface area contributed by atoms with E-state index in [1.54, 1.807) is 12.5 Å². The van der Waals surface area contributed by atoms with Crippen molar-refractivity contribution < 1.29 is 4.42 Å². The Morgan fingerprint density at radius 1 is 0.917 bits per heavy atom. The second-order valence-corrected chi connectivity index (χ2v) is 2.71. The average Bonchev–Trinajstić information content (AvgIpc) is 2.58. The standard InChI is InChI=1S/C11H9O/c1-9-2-4-10(5-3-9)11-6-7-12-8-11/h2-8H,1H2. The summed E-state index contributed by atoms with van der Waals surface area (Å²) in [6, 6.07) is 9.99. The summed E-state index contributed by atoms with van der Waals surface area (Å²) in [6.45, 7) is 3.82. The summed E-state index contributed by atoms with van der Waals surface area (Å²) in [6.07, 6.45) is 3.41. The third-order valence-electron chi connectivity index (χ3n) is 1.81. The van der Waals surface area contributed by atoms with Crippen molar-refractivity contribution in [2.45, 2.75) is 0 Å². The number of rotatable bonds is 1. The Morgan fingerprint density at radius 2 is 1.67 bits per heavy atom. The van der Waals surface area contributed by atoms with E-state index >= 15 is 0 Å². The zero-order chi connectivity index (χ0) is 8.39. The second-order valence-electron chi connectivity index (χ2n) is 2.71. The Labute approximate surface area is 71.6 Å². The van der Waals surface area contributed by atoms with Crippen LogP contribution in [0.4, 0.5) is 0 Å². The van der Waals surface area contributed by atoms with Crippen LogP contribution in [-0.4, -0.2) is 0 Å². The van der Waals surface area contributed by atoms with E-state index in [2.05, 4.69) is 6.92 Å². The van der Waals surface area contributed by atoms with Gasteiger partial charge in [-0.2, -0.15) is 0 Å². The van der Waals surface area contributed by atoms with Crippen molar-refractivity contribution in [3.05, 3.63) is 55.3 Å². The molecule has 1 nitrogen and oxygen atoms in total. The van der Waals surface area contributed by atoms with E-state index in [9.17, 15) is 0 Å². The maximum atomic E-state index is 4.98. The van der Waals surface area contributed by atoms with E-state index < -0.39 is 0 Å². The molecule has 12 heavy (non-hydrogen) atoms. The first-order valence-electron chi connectivity index (χ1n) is 3.81. The normalized spacial score (nSPS) is 10.1. The van der Waals surface area contributed by atoms with Gasteiger partial charge < -0.3 is 4.42 Å². The van der Waals surface area contributed by atoms with Crippen molar-refractivity contribution in [3.63, 3.8) is 0 Å². The Hall–Kier alpha value is -1.50. The zero-order valence-corrected chi connectivity index (χ0v) is 6.66. The predicted molar refractivity (Wildman–Crippen MR) is 48.6 cm³/mol. The maximum Gasteiger partial charge on any atom is 0.0980 e. The monoisotopic (exact) mass is 157 g/mol. The molecule has 0 atom stereocenters. The van der Waals surface area contributed by atoms with Gasteiger partial charge in [-0.25, -0.2) is 0 Å². The molecule has 1 heterocycles. The highest BCUT2D eigenvalue weighted by atomic mass is 16.3. The van der Waals surface area contributed by atoms with Gasteiger partial charge in [0.1, 0.15) is 0 Å². The quantitative estimate of drug-likeness (QED) is 0.619. The van der Waals surface area contributed by atoms with Crippen molar-refractivity contribution in [2.75, 3.05) is 0 Å². The van der Waals surface area contributed by atoms with Crippen molar-refractivity contribution in [2.24, 2.45) is 0 Å². The van der Waals surface area contributed by atoms with E-state index in [0.29, 0.717) is 0 Å². The van der Waals surface area contributed by atoms with Gasteiger partial charge in [-0.3, -0.25) is 0 Å². The lowest BCUT2D eigenvalue weighted by Gasteiger charge is -1.96. The second kappa shape index (κ2) is 2.86. The van der Waals surface area contributed by atoms with E-state index in [4.69, 9.17) is 4.42 Å². The Balaban J connectivity index is 2.43. The molecule has 59 valence electrons. The molecular formula is C11H9O. The highest BCUT2D eigenvalue weighted by Gasteiger charge is 1.96. The minimum absolute atomic E-state index is 1.03. The Kier molecular flexibility index (Phi) is 1.71. The van der Waals surface area contributed by atoms with Crippen molar-refractivity contribution in [1.29, 1.82) is 0 Å². The van der Waals surface area contributed by atoms with E-state index in [1.807, 2.05) is 30.3 Å². The maximum absolute atomic E-state index is 4.98. The molecule has 1 heteroatoms. The molecule has 0 aliphatic carbocycles. The highest BCUT2D eigenvalue weighted by molar-refractivity contribution is 5.62. The summed E-state index contributed by atoms with van der Waals surface area (Å²) in [5, 5.41) is 0. The molecule has 0 saturated carbocycles. The van der Waals surface area contributed by atoms with Crippen LogP contribution in [0.3, 0.4) is 0 Å². The topological polar surface area (TPSA) is 13.1 Å².